The normalized spacial score (nSPS) is 30.4. The zero-order chi connectivity index (χ0) is 17.7. The maximum absolute atomic E-state index is 10.3. The lowest BCUT2D eigenvalue weighted by Gasteiger charge is -2.18. The smallest absolute Gasteiger partial charge is 0.320 e. The average molecular weight is 414 g/mol. The third-order valence-electron chi connectivity index (χ3n) is 4.81. The first-order valence-electron chi connectivity index (χ1n) is 8.35. The van der Waals surface area contributed by atoms with E-state index in [1.807, 2.05) is 0 Å². The van der Waals surface area contributed by atoms with Gasteiger partial charge in [0.15, 0.2) is 27.9 Å². The van der Waals surface area contributed by atoms with E-state index in [1.54, 1.807) is 11.5 Å². The van der Waals surface area contributed by atoms with Crippen molar-refractivity contribution in [2.24, 2.45) is 0 Å². The number of nitrogen functional groups attached to an aromatic ring is 1. The van der Waals surface area contributed by atoms with E-state index in [-0.39, 0.29) is 17.9 Å². The molecule has 3 heterocycles. The predicted octanol–water partition coefficient (Wildman–Crippen LogP) is 1.13. The SMILES string of the molecule is C[C@H]1O[C@@H](n2c(Br)nc3c(N)nc(OC4CCCC4)nc32)[C@H](O)[C@@H]1O. The van der Waals surface area contributed by atoms with Crippen LogP contribution < -0.4 is 10.5 Å². The number of rotatable bonds is 3. The quantitative estimate of drug-likeness (QED) is 0.638. The number of ether oxygens (including phenoxy) is 2. The lowest BCUT2D eigenvalue weighted by Crippen LogP contribution is -2.30. The maximum atomic E-state index is 10.3. The summed E-state index contributed by atoms with van der Waals surface area (Å²) in [4.78, 5) is 12.9. The topological polar surface area (TPSA) is 129 Å². The van der Waals surface area contributed by atoms with Crippen molar-refractivity contribution in [2.75, 3.05) is 5.73 Å². The minimum absolute atomic E-state index is 0.0897. The van der Waals surface area contributed by atoms with E-state index in [0.717, 1.165) is 25.7 Å². The van der Waals surface area contributed by atoms with Crippen LogP contribution in [-0.4, -0.2) is 54.1 Å². The Morgan fingerprint density at radius 3 is 2.56 bits per heavy atom. The van der Waals surface area contributed by atoms with Gasteiger partial charge in [0.1, 0.15) is 18.3 Å². The second-order valence-corrected chi connectivity index (χ2v) is 7.26. The summed E-state index contributed by atoms with van der Waals surface area (Å²) in [5.74, 6) is 0.193. The molecule has 2 aliphatic rings. The van der Waals surface area contributed by atoms with Crippen molar-refractivity contribution in [1.82, 2.24) is 19.5 Å². The number of aliphatic hydroxyl groups excluding tert-OH is 2. The fourth-order valence-corrected chi connectivity index (χ4v) is 3.97. The van der Waals surface area contributed by atoms with Gasteiger partial charge in [0.25, 0.3) is 0 Å². The van der Waals surface area contributed by atoms with Gasteiger partial charge >= 0.3 is 6.01 Å². The first kappa shape index (κ1) is 17.0. The fraction of sp³-hybridized carbons (Fsp3) is 0.667. The monoisotopic (exact) mass is 413 g/mol. The Hall–Kier alpha value is -1.49. The molecule has 25 heavy (non-hydrogen) atoms. The van der Waals surface area contributed by atoms with Crippen LogP contribution in [0.3, 0.4) is 0 Å². The molecule has 2 fully saturated rings. The Bertz CT molecular complexity index is 794. The second kappa shape index (κ2) is 6.35. The fourth-order valence-electron chi connectivity index (χ4n) is 3.42. The van der Waals surface area contributed by atoms with E-state index in [9.17, 15) is 10.2 Å². The van der Waals surface area contributed by atoms with Crippen LogP contribution in [0.25, 0.3) is 11.2 Å². The molecule has 1 aliphatic carbocycles. The summed E-state index contributed by atoms with van der Waals surface area (Å²) in [6.45, 7) is 1.69. The van der Waals surface area contributed by atoms with Gasteiger partial charge in [-0.05, 0) is 48.5 Å². The summed E-state index contributed by atoms with van der Waals surface area (Å²) in [6, 6.07) is 0.187. The molecule has 136 valence electrons. The zero-order valence-corrected chi connectivity index (χ0v) is 15.3. The molecule has 1 saturated heterocycles. The number of anilines is 1. The van der Waals surface area contributed by atoms with Crippen molar-refractivity contribution in [3.05, 3.63) is 4.73 Å². The number of halogens is 1. The molecule has 0 spiro atoms. The Labute approximate surface area is 152 Å². The lowest BCUT2D eigenvalue weighted by molar-refractivity contribution is -0.0313. The minimum atomic E-state index is -1.11. The third kappa shape index (κ3) is 2.86. The van der Waals surface area contributed by atoms with Crippen LogP contribution in [0.1, 0.15) is 38.8 Å². The Kier molecular flexibility index (Phi) is 4.30. The van der Waals surface area contributed by atoms with Crippen molar-refractivity contribution in [3.63, 3.8) is 0 Å². The summed E-state index contributed by atoms with van der Waals surface area (Å²) in [7, 11) is 0. The molecule has 0 radical (unpaired) electrons. The predicted molar refractivity (Wildman–Crippen MR) is 91.9 cm³/mol. The number of nitrogens with zero attached hydrogens (tertiary/aromatic N) is 4. The molecular formula is C15H20BrN5O4. The van der Waals surface area contributed by atoms with Crippen molar-refractivity contribution in [3.8, 4) is 6.01 Å². The van der Waals surface area contributed by atoms with Crippen molar-refractivity contribution >= 4 is 32.9 Å². The van der Waals surface area contributed by atoms with E-state index in [0.29, 0.717) is 15.9 Å². The van der Waals surface area contributed by atoms with Crippen LogP contribution in [-0.2, 0) is 4.74 Å². The molecule has 1 aliphatic heterocycles. The molecule has 0 amide bonds. The summed E-state index contributed by atoms with van der Waals surface area (Å²) >= 11 is 3.35. The van der Waals surface area contributed by atoms with Crippen molar-refractivity contribution in [1.29, 1.82) is 0 Å². The highest BCUT2D eigenvalue weighted by atomic mass is 79.9. The van der Waals surface area contributed by atoms with Gasteiger partial charge in [-0.3, -0.25) is 4.57 Å². The van der Waals surface area contributed by atoms with E-state index < -0.39 is 24.5 Å². The molecule has 4 atom stereocenters. The van der Waals surface area contributed by atoms with Crippen LogP contribution in [0, 0.1) is 0 Å². The highest BCUT2D eigenvalue weighted by molar-refractivity contribution is 9.10. The molecule has 2 aromatic heterocycles. The van der Waals surface area contributed by atoms with Crippen LogP contribution >= 0.6 is 15.9 Å². The van der Waals surface area contributed by atoms with Gasteiger partial charge < -0.3 is 25.4 Å². The molecule has 10 heteroatoms. The number of imidazole rings is 1. The van der Waals surface area contributed by atoms with E-state index >= 15 is 0 Å². The van der Waals surface area contributed by atoms with Crippen LogP contribution in [0.5, 0.6) is 6.01 Å². The Morgan fingerprint density at radius 1 is 1.20 bits per heavy atom. The standard InChI is InChI=1S/C15H20BrN5O4/c1-6-9(22)10(23)13(24-6)21-12-8(18-14(21)16)11(17)19-15(20-12)25-7-4-2-3-5-7/h6-7,9-10,13,22-23H,2-5H2,1H3,(H2,17,19,20)/t6-,9-,10-,13-/m1/s1. The van der Waals surface area contributed by atoms with Crippen molar-refractivity contribution in [2.45, 2.75) is 63.3 Å². The van der Waals surface area contributed by atoms with E-state index in [1.165, 1.54) is 0 Å². The molecular weight excluding hydrogens is 394 g/mol. The van der Waals surface area contributed by atoms with Gasteiger partial charge in [0, 0.05) is 0 Å². The lowest BCUT2D eigenvalue weighted by atomic mass is 10.1. The average Bonchev–Trinajstić information content (AvgIpc) is 3.24. The van der Waals surface area contributed by atoms with Gasteiger partial charge in [-0.2, -0.15) is 9.97 Å². The van der Waals surface area contributed by atoms with Gasteiger partial charge in [-0.25, -0.2) is 4.98 Å². The molecule has 4 N–H and O–H groups in total. The van der Waals surface area contributed by atoms with Crippen LogP contribution in [0.2, 0.25) is 0 Å². The Balaban J connectivity index is 1.76. The number of aliphatic hydroxyl groups is 2. The maximum Gasteiger partial charge on any atom is 0.320 e. The van der Waals surface area contributed by atoms with E-state index in [4.69, 9.17) is 15.2 Å². The molecule has 0 aromatic carbocycles. The summed E-state index contributed by atoms with van der Waals surface area (Å²) in [5.41, 5.74) is 6.79. The molecule has 0 bridgehead atoms. The summed E-state index contributed by atoms with van der Waals surface area (Å²) in [6.07, 6.45) is 0.828. The molecule has 2 aromatic rings. The summed E-state index contributed by atoms with van der Waals surface area (Å²) < 4.78 is 13.5. The van der Waals surface area contributed by atoms with Gasteiger partial charge in [-0.1, -0.05) is 0 Å². The molecule has 9 nitrogen and oxygen atoms in total. The van der Waals surface area contributed by atoms with E-state index in [2.05, 4.69) is 30.9 Å². The number of aromatic nitrogens is 4. The first-order chi connectivity index (χ1) is 12.0. The first-order valence-corrected chi connectivity index (χ1v) is 9.14. The summed E-state index contributed by atoms with van der Waals surface area (Å²) in [5, 5.41) is 20.3. The molecule has 4 rings (SSSR count). The highest BCUT2D eigenvalue weighted by Crippen LogP contribution is 2.35. The highest BCUT2D eigenvalue weighted by Gasteiger charge is 2.43. The molecule has 1 saturated carbocycles. The van der Waals surface area contributed by atoms with Gasteiger partial charge in [0.2, 0.25) is 0 Å². The number of fused-ring (bicyclic) bond motifs is 1. The largest absolute Gasteiger partial charge is 0.460 e. The number of hydrogen-bond donors (Lipinski definition) is 3. The number of nitrogens with two attached hydrogens (primary N) is 1. The van der Waals surface area contributed by atoms with Crippen LogP contribution in [0.4, 0.5) is 5.82 Å². The molecule has 0 unspecified atom stereocenters. The van der Waals surface area contributed by atoms with Crippen molar-refractivity contribution < 1.29 is 19.7 Å². The van der Waals surface area contributed by atoms with Crippen LogP contribution in [0.15, 0.2) is 4.73 Å². The second-order valence-electron chi connectivity index (χ2n) is 6.55. The van der Waals surface area contributed by atoms with Gasteiger partial charge in [-0.15, -0.1) is 0 Å². The minimum Gasteiger partial charge on any atom is -0.460 e. The van der Waals surface area contributed by atoms with Gasteiger partial charge in [0.05, 0.1) is 6.10 Å². The number of hydrogen-bond acceptors (Lipinski definition) is 8. The third-order valence-corrected chi connectivity index (χ3v) is 5.37. The zero-order valence-electron chi connectivity index (χ0n) is 13.7. The Morgan fingerprint density at radius 2 is 1.92 bits per heavy atom.